The number of methoxy groups -OCH3 is 1. The number of fused-ring (bicyclic) bond motifs is 1. The smallest absolute Gasteiger partial charge is 0.170 e. The SMILES string of the molecule is COc1ccc(CC(=O)c2c(-c3ccccc3)[nH]c3ccccc23)cc1. The summed E-state index contributed by atoms with van der Waals surface area (Å²) in [5, 5.41) is 0.963. The topological polar surface area (TPSA) is 42.1 Å². The van der Waals surface area contributed by atoms with Gasteiger partial charge in [0.25, 0.3) is 0 Å². The number of para-hydroxylation sites is 1. The Morgan fingerprint density at radius 3 is 2.31 bits per heavy atom. The fourth-order valence-electron chi connectivity index (χ4n) is 3.27. The molecule has 0 fully saturated rings. The predicted molar refractivity (Wildman–Crippen MR) is 105 cm³/mol. The van der Waals surface area contributed by atoms with Crippen molar-refractivity contribution in [1.82, 2.24) is 4.98 Å². The molecule has 128 valence electrons. The number of Topliss-reactive ketones (excluding diaryl/α,β-unsaturated/α-hetero) is 1. The van der Waals surface area contributed by atoms with Crippen molar-refractivity contribution >= 4 is 16.7 Å². The lowest BCUT2D eigenvalue weighted by Gasteiger charge is -2.06. The molecule has 3 aromatic carbocycles. The third-order valence-corrected chi connectivity index (χ3v) is 4.57. The van der Waals surface area contributed by atoms with Crippen LogP contribution in [0.1, 0.15) is 15.9 Å². The number of aromatic amines is 1. The first-order valence-electron chi connectivity index (χ1n) is 8.58. The maximum Gasteiger partial charge on any atom is 0.170 e. The van der Waals surface area contributed by atoms with Crippen LogP contribution in [0.3, 0.4) is 0 Å². The van der Waals surface area contributed by atoms with Crippen LogP contribution in [0.5, 0.6) is 5.75 Å². The van der Waals surface area contributed by atoms with E-state index in [4.69, 9.17) is 4.74 Å². The molecule has 1 aromatic heterocycles. The molecule has 0 radical (unpaired) electrons. The summed E-state index contributed by atoms with van der Waals surface area (Å²) in [5.41, 5.74) is 4.60. The number of carbonyl (C=O) groups excluding carboxylic acids is 1. The van der Waals surface area contributed by atoms with E-state index in [2.05, 4.69) is 4.98 Å². The van der Waals surface area contributed by atoms with E-state index < -0.39 is 0 Å². The van der Waals surface area contributed by atoms with Crippen LogP contribution in [0, 0.1) is 0 Å². The lowest BCUT2D eigenvalue weighted by atomic mass is 9.97. The minimum absolute atomic E-state index is 0.103. The van der Waals surface area contributed by atoms with Gasteiger partial charge in [0, 0.05) is 17.3 Å². The molecule has 3 heteroatoms. The maximum absolute atomic E-state index is 13.2. The third kappa shape index (κ3) is 3.00. The number of hydrogen-bond acceptors (Lipinski definition) is 2. The molecule has 0 bridgehead atoms. The van der Waals surface area contributed by atoms with Crippen LogP contribution in [-0.4, -0.2) is 17.9 Å². The van der Waals surface area contributed by atoms with Gasteiger partial charge in [0.15, 0.2) is 5.78 Å². The molecular formula is C23H19NO2. The standard InChI is InChI=1S/C23H19NO2/c1-26-18-13-11-16(12-14-18)15-21(25)22-19-9-5-6-10-20(19)24-23(22)17-7-3-2-4-8-17/h2-14,24H,15H2,1H3. The van der Waals surface area contributed by atoms with E-state index in [9.17, 15) is 4.79 Å². The van der Waals surface area contributed by atoms with Crippen LogP contribution in [0.2, 0.25) is 0 Å². The summed E-state index contributed by atoms with van der Waals surface area (Å²) in [5.74, 6) is 0.893. The van der Waals surface area contributed by atoms with Crippen LogP contribution in [0.4, 0.5) is 0 Å². The number of aromatic nitrogens is 1. The summed E-state index contributed by atoms with van der Waals surface area (Å²) in [6.07, 6.45) is 0.353. The van der Waals surface area contributed by atoms with Gasteiger partial charge in [-0.25, -0.2) is 0 Å². The van der Waals surface area contributed by atoms with Gasteiger partial charge in [-0.2, -0.15) is 0 Å². The molecule has 3 nitrogen and oxygen atoms in total. The van der Waals surface area contributed by atoms with Gasteiger partial charge in [-0.15, -0.1) is 0 Å². The van der Waals surface area contributed by atoms with Gasteiger partial charge in [-0.1, -0.05) is 60.7 Å². The van der Waals surface area contributed by atoms with E-state index in [1.165, 1.54) is 0 Å². The Balaban J connectivity index is 1.77. The van der Waals surface area contributed by atoms with Crippen molar-refractivity contribution in [2.75, 3.05) is 7.11 Å². The summed E-state index contributed by atoms with van der Waals surface area (Å²) in [6, 6.07) is 25.6. The fraction of sp³-hybridized carbons (Fsp3) is 0.0870. The predicted octanol–water partition coefficient (Wildman–Crippen LogP) is 5.27. The molecule has 0 aliphatic heterocycles. The second-order valence-corrected chi connectivity index (χ2v) is 6.23. The van der Waals surface area contributed by atoms with Crippen molar-refractivity contribution in [3.05, 3.63) is 90.0 Å². The lowest BCUT2D eigenvalue weighted by Crippen LogP contribution is -2.04. The molecular weight excluding hydrogens is 322 g/mol. The second kappa shape index (κ2) is 6.89. The zero-order valence-corrected chi connectivity index (χ0v) is 14.5. The maximum atomic E-state index is 13.2. The van der Waals surface area contributed by atoms with Gasteiger partial charge in [0.2, 0.25) is 0 Å². The van der Waals surface area contributed by atoms with Gasteiger partial charge in [0.05, 0.1) is 18.4 Å². The van der Waals surface area contributed by atoms with Crippen LogP contribution < -0.4 is 4.74 Å². The number of hydrogen-bond donors (Lipinski definition) is 1. The van der Waals surface area contributed by atoms with Crippen molar-refractivity contribution in [2.24, 2.45) is 0 Å². The molecule has 1 heterocycles. The van der Waals surface area contributed by atoms with Gasteiger partial charge < -0.3 is 9.72 Å². The number of nitrogens with one attached hydrogen (secondary N) is 1. The Kier molecular flexibility index (Phi) is 4.28. The summed E-state index contributed by atoms with van der Waals surface area (Å²) in [7, 11) is 1.64. The van der Waals surface area contributed by atoms with E-state index in [0.717, 1.165) is 39.0 Å². The summed E-state index contributed by atoms with van der Waals surface area (Å²) in [6.45, 7) is 0. The molecule has 0 aliphatic carbocycles. The first-order chi connectivity index (χ1) is 12.8. The second-order valence-electron chi connectivity index (χ2n) is 6.23. The van der Waals surface area contributed by atoms with Crippen molar-refractivity contribution in [3.8, 4) is 17.0 Å². The van der Waals surface area contributed by atoms with E-state index >= 15 is 0 Å². The van der Waals surface area contributed by atoms with Crippen molar-refractivity contribution in [3.63, 3.8) is 0 Å². The quantitative estimate of drug-likeness (QED) is 0.503. The number of ether oxygens (including phenoxy) is 1. The molecule has 0 aliphatic rings. The van der Waals surface area contributed by atoms with Crippen molar-refractivity contribution < 1.29 is 9.53 Å². The minimum atomic E-state index is 0.103. The first kappa shape index (κ1) is 16.2. The van der Waals surface area contributed by atoms with Crippen LogP contribution in [-0.2, 0) is 6.42 Å². The Hall–Kier alpha value is -3.33. The van der Waals surface area contributed by atoms with E-state index in [-0.39, 0.29) is 5.78 Å². The molecule has 0 saturated heterocycles. The molecule has 4 rings (SSSR count). The molecule has 0 unspecified atom stereocenters. The highest BCUT2D eigenvalue weighted by Crippen LogP contribution is 2.31. The Bertz CT molecular complexity index is 1050. The average molecular weight is 341 g/mol. The summed E-state index contributed by atoms with van der Waals surface area (Å²) >= 11 is 0. The molecule has 4 aromatic rings. The molecule has 0 spiro atoms. The normalized spacial score (nSPS) is 10.8. The monoisotopic (exact) mass is 341 g/mol. The molecule has 0 amide bonds. The molecule has 26 heavy (non-hydrogen) atoms. The first-order valence-corrected chi connectivity index (χ1v) is 8.58. The Morgan fingerprint density at radius 2 is 1.58 bits per heavy atom. The number of rotatable bonds is 5. The van der Waals surface area contributed by atoms with Gasteiger partial charge >= 0.3 is 0 Å². The van der Waals surface area contributed by atoms with Gasteiger partial charge in [0.1, 0.15) is 5.75 Å². The molecule has 0 atom stereocenters. The highest BCUT2D eigenvalue weighted by Gasteiger charge is 2.19. The van der Waals surface area contributed by atoms with Crippen LogP contribution in [0.15, 0.2) is 78.9 Å². The fourth-order valence-corrected chi connectivity index (χ4v) is 3.27. The highest BCUT2D eigenvalue weighted by atomic mass is 16.5. The highest BCUT2D eigenvalue weighted by molar-refractivity contribution is 6.13. The number of carbonyl (C=O) groups is 1. The molecule has 0 saturated carbocycles. The zero-order valence-electron chi connectivity index (χ0n) is 14.5. The van der Waals surface area contributed by atoms with Crippen LogP contribution in [0.25, 0.3) is 22.2 Å². The largest absolute Gasteiger partial charge is 0.497 e. The lowest BCUT2D eigenvalue weighted by molar-refractivity contribution is 0.0995. The average Bonchev–Trinajstić information content (AvgIpc) is 3.09. The summed E-state index contributed by atoms with van der Waals surface area (Å²) < 4.78 is 5.19. The van der Waals surface area contributed by atoms with Gasteiger partial charge in [-0.3, -0.25) is 4.79 Å². The molecule has 1 N–H and O–H groups in total. The Labute approximate surface area is 152 Å². The van der Waals surface area contributed by atoms with Gasteiger partial charge in [-0.05, 0) is 29.3 Å². The zero-order chi connectivity index (χ0) is 17.9. The Morgan fingerprint density at radius 1 is 0.885 bits per heavy atom. The van der Waals surface area contributed by atoms with Crippen LogP contribution >= 0.6 is 0 Å². The van der Waals surface area contributed by atoms with E-state index in [1.54, 1.807) is 7.11 Å². The van der Waals surface area contributed by atoms with E-state index in [0.29, 0.717) is 6.42 Å². The third-order valence-electron chi connectivity index (χ3n) is 4.57. The number of H-pyrrole nitrogens is 1. The van der Waals surface area contributed by atoms with E-state index in [1.807, 2.05) is 78.9 Å². The number of benzene rings is 3. The summed E-state index contributed by atoms with van der Waals surface area (Å²) in [4.78, 5) is 16.6. The number of ketones is 1. The van der Waals surface area contributed by atoms with Crippen molar-refractivity contribution in [2.45, 2.75) is 6.42 Å². The minimum Gasteiger partial charge on any atom is -0.497 e. The van der Waals surface area contributed by atoms with Crippen molar-refractivity contribution in [1.29, 1.82) is 0 Å².